The van der Waals surface area contributed by atoms with E-state index in [1.165, 1.54) is 25.7 Å². The monoisotopic (exact) mass is 213 g/mol. The van der Waals surface area contributed by atoms with E-state index < -0.39 is 0 Å². The number of ether oxygens (including phenoxy) is 2. The molecule has 3 heteroatoms. The van der Waals surface area contributed by atoms with E-state index in [0.29, 0.717) is 18.2 Å². The molecule has 2 unspecified atom stereocenters. The molecule has 3 nitrogen and oxygen atoms in total. The van der Waals surface area contributed by atoms with Crippen molar-refractivity contribution >= 4 is 0 Å². The molecular formula is C12H23NO2. The van der Waals surface area contributed by atoms with E-state index in [1.54, 1.807) is 0 Å². The van der Waals surface area contributed by atoms with E-state index in [0.717, 1.165) is 26.1 Å². The van der Waals surface area contributed by atoms with E-state index in [4.69, 9.17) is 9.47 Å². The smallest absolute Gasteiger partial charge is 0.0731 e. The largest absolute Gasteiger partial charge is 0.381 e. The lowest BCUT2D eigenvalue weighted by atomic mass is 9.92. The number of likely N-dealkylation sites (N-methyl/N-ethyl adjacent to an activating group) is 1. The lowest BCUT2D eigenvalue weighted by molar-refractivity contribution is -0.0877. The molecule has 0 spiro atoms. The highest BCUT2D eigenvalue weighted by atomic mass is 16.5. The van der Waals surface area contributed by atoms with Crippen LogP contribution in [0.15, 0.2) is 0 Å². The van der Waals surface area contributed by atoms with Crippen molar-refractivity contribution in [2.45, 2.75) is 56.8 Å². The van der Waals surface area contributed by atoms with Crippen molar-refractivity contribution in [3.05, 3.63) is 0 Å². The molecule has 15 heavy (non-hydrogen) atoms. The lowest BCUT2D eigenvalue weighted by Gasteiger charge is -2.35. The van der Waals surface area contributed by atoms with Gasteiger partial charge in [0.2, 0.25) is 0 Å². The van der Waals surface area contributed by atoms with Crippen LogP contribution >= 0.6 is 0 Å². The molecule has 2 aliphatic rings. The zero-order valence-electron chi connectivity index (χ0n) is 9.71. The van der Waals surface area contributed by atoms with Crippen LogP contribution in [0.25, 0.3) is 0 Å². The van der Waals surface area contributed by atoms with Gasteiger partial charge in [-0.05, 0) is 32.7 Å². The summed E-state index contributed by atoms with van der Waals surface area (Å²) in [5.41, 5.74) is 0. The Morgan fingerprint density at radius 1 is 1.07 bits per heavy atom. The highest BCUT2D eigenvalue weighted by molar-refractivity contribution is 4.82. The summed E-state index contributed by atoms with van der Waals surface area (Å²) in [7, 11) is 2.05. The van der Waals surface area contributed by atoms with E-state index in [-0.39, 0.29) is 0 Å². The van der Waals surface area contributed by atoms with E-state index in [9.17, 15) is 0 Å². The molecular weight excluding hydrogens is 190 g/mol. The fourth-order valence-electron chi connectivity index (χ4n) is 2.65. The Morgan fingerprint density at radius 3 is 2.53 bits per heavy atom. The second-order valence-electron chi connectivity index (χ2n) is 4.67. The van der Waals surface area contributed by atoms with Crippen molar-refractivity contribution in [1.29, 1.82) is 0 Å². The maximum absolute atomic E-state index is 6.19. The Morgan fingerprint density at radius 2 is 1.80 bits per heavy atom. The van der Waals surface area contributed by atoms with Crippen molar-refractivity contribution < 1.29 is 9.47 Å². The minimum absolute atomic E-state index is 0.437. The fraction of sp³-hybridized carbons (Fsp3) is 1.00. The topological polar surface area (TPSA) is 30.5 Å². The van der Waals surface area contributed by atoms with Crippen LogP contribution in [0, 0.1) is 0 Å². The van der Waals surface area contributed by atoms with E-state index >= 15 is 0 Å². The van der Waals surface area contributed by atoms with Gasteiger partial charge in [-0.25, -0.2) is 0 Å². The van der Waals surface area contributed by atoms with Crippen molar-refractivity contribution in [2.24, 2.45) is 0 Å². The molecule has 0 aromatic rings. The normalized spacial score (nSPS) is 34.2. The Kier molecular flexibility index (Phi) is 4.42. The zero-order valence-corrected chi connectivity index (χ0v) is 9.71. The van der Waals surface area contributed by atoms with Gasteiger partial charge in [-0.15, -0.1) is 0 Å². The van der Waals surface area contributed by atoms with Crippen LogP contribution in [0.2, 0.25) is 0 Å². The second kappa shape index (κ2) is 5.83. The van der Waals surface area contributed by atoms with Crippen LogP contribution < -0.4 is 5.32 Å². The minimum Gasteiger partial charge on any atom is -0.381 e. The average Bonchev–Trinajstić information content (AvgIpc) is 2.31. The van der Waals surface area contributed by atoms with Gasteiger partial charge in [0, 0.05) is 19.3 Å². The van der Waals surface area contributed by atoms with Crippen LogP contribution in [-0.2, 0) is 9.47 Å². The first-order chi connectivity index (χ1) is 7.40. The quantitative estimate of drug-likeness (QED) is 0.774. The van der Waals surface area contributed by atoms with Gasteiger partial charge in [0.25, 0.3) is 0 Å². The molecule has 1 aliphatic heterocycles. The van der Waals surface area contributed by atoms with Crippen molar-refractivity contribution in [3.63, 3.8) is 0 Å². The van der Waals surface area contributed by atoms with Crippen LogP contribution in [0.5, 0.6) is 0 Å². The fourth-order valence-corrected chi connectivity index (χ4v) is 2.65. The minimum atomic E-state index is 0.437. The number of rotatable bonds is 3. The molecule has 2 atom stereocenters. The average molecular weight is 213 g/mol. The van der Waals surface area contributed by atoms with Gasteiger partial charge in [0.1, 0.15) is 0 Å². The third-order valence-corrected chi connectivity index (χ3v) is 3.61. The maximum atomic E-state index is 6.19. The van der Waals surface area contributed by atoms with Crippen molar-refractivity contribution in [3.8, 4) is 0 Å². The zero-order chi connectivity index (χ0) is 10.5. The molecule has 2 fully saturated rings. The van der Waals surface area contributed by atoms with Gasteiger partial charge < -0.3 is 14.8 Å². The summed E-state index contributed by atoms with van der Waals surface area (Å²) in [6.07, 6.45) is 8.20. The van der Waals surface area contributed by atoms with E-state index in [2.05, 4.69) is 12.4 Å². The van der Waals surface area contributed by atoms with E-state index in [1.807, 2.05) is 0 Å². The predicted molar refractivity (Wildman–Crippen MR) is 60.0 cm³/mol. The molecule has 2 rings (SSSR count). The van der Waals surface area contributed by atoms with Crippen molar-refractivity contribution in [2.75, 3.05) is 20.3 Å². The first-order valence-corrected chi connectivity index (χ1v) is 6.30. The van der Waals surface area contributed by atoms with Crippen LogP contribution in [0.1, 0.15) is 38.5 Å². The Labute approximate surface area is 92.5 Å². The predicted octanol–water partition coefficient (Wildman–Crippen LogP) is 1.71. The lowest BCUT2D eigenvalue weighted by Crippen LogP contribution is -2.44. The molecule has 1 saturated heterocycles. The summed E-state index contributed by atoms with van der Waals surface area (Å²) in [4.78, 5) is 0. The summed E-state index contributed by atoms with van der Waals surface area (Å²) < 4.78 is 11.5. The summed E-state index contributed by atoms with van der Waals surface area (Å²) in [6, 6.07) is 0.571. The first kappa shape index (κ1) is 11.4. The SMILES string of the molecule is CNC1CCCCC1OC1CCOCC1. The second-order valence-corrected chi connectivity index (χ2v) is 4.67. The third kappa shape index (κ3) is 3.16. The van der Waals surface area contributed by atoms with Crippen LogP contribution in [-0.4, -0.2) is 38.5 Å². The molecule has 1 aliphatic carbocycles. The molecule has 0 radical (unpaired) electrons. The third-order valence-electron chi connectivity index (χ3n) is 3.61. The summed E-state index contributed by atoms with van der Waals surface area (Å²) >= 11 is 0. The number of nitrogens with one attached hydrogen (secondary N) is 1. The van der Waals surface area contributed by atoms with Gasteiger partial charge in [-0.2, -0.15) is 0 Å². The van der Waals surface area contributed by atoms with Gasteiger partial charge in [-0.3, -0.25) is 0 Å². The van der Waals surface area contributed by atoms with Crippen molar-refractivity contribution in [1.82, 2.24) is 5.32 Å². The molecule has 88 valence electrons. The van der Waals surface area contributed by atoms with Gasteiger partial charge in [0.15, 0.2) is 0 Å². The molecule has 0 aromatic heterocycles. The molecule has 1 N–H and O–H groups in total. The molecule has 0 bridgehead atoms. The van der Waals surface area contributed by atoms with Gasteiger partial charge >= 0.3 is 0 Å². The molecule has 1 heterocycles. The van der Waals surface area contributed by atoms with Gasteiger partial charge in [-0.1, -0.05) is 12.8 Å². The Bertz CT molecular complexity index is 180. The summed E-state index contributed by atoms with van der Waals surface area (Å²) in [5.74, 6) is 0. The summed E-state index contributed by atoms with van der Waals surface area (Å²) in [5, 5.41) is 3.39. The highest BCUT2D eigenvalue weighted by Crippen LogP contribution is 2.24. The Hall–Kier alpha value is -0.120. The molecule has 0 amide bonds. The standard InChI is InChI=1S/C12H23NO2/c1-13-11-4-2-3-5-12(11)15-10-6-8-14-9-7-10/h10-13H,2-9H2,1H3. The van der Waals surface area contributed by atoms with Crippen LogP contribution in [0.4, 0.5) is 0 Å². The summed E-state index contributed by atoms with van der Waals surface area (Å²) in [6.45, 7) is 1.75. The molecule has 1 saturated carbocycles. The molecule has 0 aromatic carbocycles. The number of hydrogen-bond donors (Lipinski definition) is 1. The van der Waals surface area contributed by atoms with Crippen LogP contribution in [0.3, 0.4) is 0 Å². The maximum Gasteiger partial charge on any atom is 0.0731 e. The number of hydrogen-bond acceptors (Lipinski definition) is 3. The Balaban J connectivity index is 1.79. The van der Waals surface area contributed by atoms with Gasteiger partial charge in [0.05, 0.1) is 12.2 Å². The highest BCUT2D eigenvalue weighted by Gasteiger charge is 2.27. The first-order valence-electron chi connectivity index (χ1n) is 6.30.